The Morgan fingerprint density at radius 2 is 2.23 bits per heavy atom. The summed E-state index contributed by atoms with van der Waals surface area (Å²) in [5, 5.41) is 0. The second kappa shape index (κ2) is 3.79. The zero-order valence-corrected chi connectivity index (χ0v) is 8.46. The molecule has 2 atom stereocenters. The first-order chi connectivity index (χ1) is 6.25. The minimum Gasteiger partial charge on any atom is -0.300 e. The van der Waals surface area contributed by atoms with Crippen LogP contribution in [0, 0.1) is 5.92 Å². The van der Waals surface area contributed by atoms with Crippen LogP contribution in [0.25, 0.3) is 0 Å². The Balaban J connectivity index is 1.89. The second-order valence-corrected chi connectivity index (χ2v) is 4.68. The van der Waals surface area contributed by atoms with Crippen LogP contribution >= 0.6 is 0 Å². The first kappa shape index (κ1) is 9.20. The van der Waals surface area contributed by atoms with Crippen LogP contribution in [0.1, 0.15) is 39.0 Å². The van der Waals surface area contributed by atoms with Crippen LogP contribution < -0.4 is 0 Å². The standard InChI is InChI=1S/C11H19NO/c1-9-3-2-6-12(8-9)10-4-5-11(13)7-10/h9-10H,2-8H2,1H3. The Kier molecular flexibility index (Phi) is 2.68. The molecule has 2 heteroatoms. The van der Waals surface area contributed by atoms with Gasteiger partial charge in [0.1, 0.15) is 5.78 Å². The van der Waals surface area contributed by atoms with Gasteiger partial charge >= 0.3 is 0 Å². The van der Waals surface area contributed by atoms with Crippen LogP contribution in [0.4, 0.5) is 0 Å². The van der Waals surface area contributed by atoms with Crippen molar-refractivity contribution in [2.24, 2.45) is 5.92 Å². The van der Waals surface area contributed by atoms with Crippen LogP contribution in [0.3, 0.4) is 0 Å². The summed E-state index contributed by atoms with van der Waals surface area (Å²) in [4.78, 5) is 13.7. The van der Waals surface area contributed by atoms with Crippen molar-refractivity contribution in [2.45, 2.75) is 45.1 Å². The predicted molar refractivity (Wildman–Crippen MR) is 52.6 cm³/mol. The number of ketones is 1. The van der Waals surface area contributed by atoms with Crippen LogP contribution in [-0.4, -0.2) is 29.8 Å². The molecule has 2 unspecified atom stereocenters. The van der Waals surface area contributed by atoms with Crippen molar-refractivity contribution in [1.82, 2.24) is 4.90 Å². The number of hydrogen-bond acceptors (Lipinski definition) is 2. The van der Waals surface area contributed by atoms with E-state index in [9.17, 15) is 4.79 Å². The predicted octanol–water partition coefficient (Wildman–Crippen LogP) is 1.84. The molecule has 1 heterocycles. The minimum absolute atomic E-state index is 0.475. The molecule has 2 nitrogen and oxygen atoms in total. The van der Waals surface area contributed by atoms with Crippen molar-refractivity contribution in [3.05, 3.63) is 0 Å². The highest BCUT2D eigenvalue weighted by Gasteiger charge is 2.29. The van der Waals surface area contributed by atoms with E-state index in [4.69, 9.17) is 0 Å². The SMILES string of the molecule is CC1CCCN(C2CCC(=O)C2)C1. The van der Waals surface area contributed by atoms with Gasteiger partial charge < -0.3 is 0 Å². The molecule has 0 N–H and O–H groups in total. The van der Waals surface area contributed by atoms with Crippen molar-refractivity contribution < 1.29 is 4.79 Å². The average Bonchev–Trinajstić information content (AvgIpc) is 2.52. The zero-order chi connectivity index (χ0) is 9.26. The molecule has 0 aromatic carbocycles. The number of rotatable bonds is 1. The van der Waals surface area contributed by atoms with E-state index in [1.807, 2.05) is 0 Å². The van der Waals surface area contributed by atoms with Gasteiger partial charge in [-0.1, -0.05) is 6.92 Å². The van der Waals surface area contributed by atoms with E-state index < -0.39 is 0 Å². The fourth-order valence-corrected chi connectivity index (χ4v) is 2.66. The van der Waals surface area contributed by atoms with Crippen molar-refractivity contribution in [1.29, 1.82) is 0 Å². The maximum Gasteiger partial charge on any atom is 0.134 e. The zero-order valence-electron chi connectivity index (χ0n) is 8.46. The lowest BCUT2D eigenvalue weighted by atomic mass is 9.98. The van der Waals surface area contributed by atoms with Crippen molar-refractivity contribution >= 4 is 5.78 Å². The van der Waals surface area contributed by atoms with E-state index in [1.165, 1.54) is 25.9 Å². The van der Waals surface area contributed by atoms with Gasteiger partial charge in [0.25, 0.3) is 0 Å². The Labute approximate surface area is 80.3 Å². The average molecular weight is 181 g/mol. The summed E-state index contributed by atoms with van der Waals surface area (Å²) in [6.45, 7) is 4.77. The summed E-state index contributed by atoms with van der Waals surface area (Å²) >= 11 is 0. The first-order valence-electron chi connectivity index (χ1n) is 5.51. The Morgan fingerprint density at radius 1 is 1.38 bits per heavy atom. The Bertz CT molecular complexity index is 202. The van der Waals surface area contributed by atoms with Gasteiger partial charge in [0.05, 0.1) is 0 Å². The molecule has 2 aliphatic rings. The van der Waals surface area contributed by atoms with E-state index >= 15 is 0 Å². The molecule has 1 saturated carbocycles. The van der Waals surface area contributed by atoms with Gasteiger partial charge in [-0.15, -0.1) is 0 Å². The van der Waals surface area contributed by atoms with E-state index in [1.54, 1.807) is 0 Å². The van der Waals surface area contributed by atoms with E-state index in [0.717, 1.165) is 25.2 Å². The van der Waals surface area contributed by atoms with Gasteiger partial charge in [-0.2, -0.15) is 0 Å². The highest BCUT2D eigenvalue weighted by atomic mass is 16.1. The topological polar surface area (TPSA) is 20.3 Å². The van der Waals surface area contributed by atoms with Crippen LogP contribution in [-0.2, 0) is 4.79 Å². The van der Waals surface area contributed by atoms with Crippen molar-refractivity contribution in [3.63, 3.8) is 0 Å². The third-order valence-corrected chi connectivity index (χ3v) is 3.42. The molecule has 1 aliphatic carbocycles. The lowest BCUT2D eigenvalue weighted by molar-refractivity contribution is -0.117. The molecule has 1 saturated heterocycles. The number of likely N-dealkylation sites (tertiary alicyclic amines) is 1. The smallest absolute Gasteiger partial charge is 0.134 e. The molecule has 0 radical (unpaired) electrons. The number of hydrogen-bond donors (Lipinski definition) is 0. The quantitative estimate of drug-likeness (QED) is 0.615. The fraction of sp³-hybridized carbons (Fsp3) is 0.909. The highest BCUT2D eigenvalue weighted by Crippen LogP contribution is 2.25. The summed E-state index contributed by atoms with van der Waals surface area (Å²) in [7, 11) is 0. The first-order valence-corrected chi connectivity index (χ1v) is 5.51. The number of piperidine rings is 1. The third kappa shape index (κ3) is 2.11. The normalized spacial score (nSPS) is 36.8. The summed E-state index contributed by atoms with van der Waals surface area (Å²) in [6.07, 6.45) is 5.47. The van der Waals surface area contributed by atoms with Crippen LogP contribution in [0.2, 0.25) is 0 Å². The lowest BCUT2D eigenvalue weighted by Crippen LogP contribution is -2.40. The van der Waals surface area contributed by atoms with Gasteiger partial charge in [-0.3, -0.25) is 9.69 Å². The van der Waals surface area contributed by atoms with Gasteiger partial charge in [0.15, 0.2) is 0 Å². The van der Waals surface area contributed by atoms with Crippen LogP contribution in [0.5, 0.6) is 0 Å². The molecular weight excluding hydrogens is 162 g/mol. The van der Waals surface area contributed by atoms with E-state index in [2.05, 4.69) is 11.8 Å². The number of carbonyl (C=O) groups is 1. The molecule has 0 aromatic rings. The number of Topliss-reactive ketones (excluding diaryl/α,β-unsaturated/α-hetero) is 1. The summed E-state index contributed by atoms with van der Waals surface area (Å²) in [5.74, 6) is 1.31. The maximum absolute atomic E-state index is 11.2. The lowest BCUT2D eigenvalue weighted by Gasteiger charge is -2.35. The summed E-state index contributed by atoms with van der Waals surface area (Å²) in [6, 6.07) is 0.593. The molecule has 0 spiro atoms. The van der Waals surface area contributed by atoms with E-state index in [0.29, 0.717) is 11.8 Å². The van der Waals surface area contributed by atoms with Gasteiger partial charge in [0, 0.05) is 25.4 Å². The van der Waals surface area contributed by atoms with Gasteiger partial charge in [-0.25, -0.2) is 0 Å². The summed E-state index contributed by atoms with van der Waals surface area (Å²) < 4.78 is 0. The molecule has 2 fully saturated rings. The number of carbonyl (C=O) groups excluding carboxylic acids is 1. The summed E-state index contributed by atoms with van der Waals surface area (Å²) in [5.41, 5.74) is 0. The molecule has 0 aromatic heterocycles. The fourth-order valence-electron chi connectivity index (χ4n) is 2.66. The number of nitrogens with zero attached hydrogens (tertiary/aromatic N) is 1. The van der Waals surface area contributed by atoms with Gasteiger partial charge in [-0.05, 0) is 31.7 Å². The maximum atomic E-state index is 11.2. The molecule has 0 amide bonds. The molecule has 1 aliphatic heterocycles. The largest absolute Gasteiger partial charge is 0.300 e. The Hall–Kier alpha value is -0.370. The highest BCUT2D eigenvalue weighted by molar-refractivity contribution is 5.81. The molecule has 2 rings (SSSR count). The van der Waals surface area contributed by atoms with Gasteiger partial charge in [0.2, 0.25) is 0 Å². The Morgan fingerprint density at radius 3 is 2.85 bits per heavy atom. The molecule has 0 bridgehead atoms. The van der Waals surface area contributed by atoms with Crippen molar-refractivity contribution in [3.8, 4) is 0 Å². The molecular formula is C11H19NO. The minimum atomic E-state index is 0.475. The third-order valence-electron chi connectivity index (χ3n) is 3.42. The van der Waals surface area contributed by atoms with Crippen LogP contribution in [0.15, 0.2) is 0 Å². The second-order valence-electron chi connectivity index (χ2n) is 4.68. The van der Waals surface area contributed by atoms with E-state index in [-0.39, 0.29) is 0 Å². The van der Waals surface area contributed by atoms with Crippen molar-refractivity contribution in [2.75, 3.05) is 13.1 Å². The monoisotopic (exact) mass is 181 g/mol. The molecule has 74 valence electrons. The molecule has 13 heavy (non-hydrogen) atoms.